The van der Waals surface area contributed by atoms with Crippen molar-refractivity contribution in [2.75, 3.05) is 24.8 Å². The zero-order chi connectivity index (χ0) is 10.7. The van der Waals surface area contributed by atoms with E-state index in [2.05, 4.69) is 4.98 Å². The molecular formula is C9H15N3O2. The maximum atomic E-state index is 9.35. The number of nitrogens with zero attached hydrogens (tertiary/aromatic N) is 2. The van der Waals surface area contributed by atoms with Gasteiger partial charge in [0.1, 0.15) is 6.23 Å². The number of hydrogen-bond acceptors (Lipinski definition) is 5. The van der Waals surface area contributed by atoms with Gasteiger partial charge in [-0.2, -0.15) is 4.98 Å². The fraction of sp³-hybridized carbons (Fsp3) is 0.444. The third kappa shape index (κ3) is 2.05. The van der Waals surface area contributed by atoms with Crippen LogP contribution in [-0.4, -0.2) is 30.5 Å². The highest BCUT2D eigenvalue weighted by Crippen LogP contribution is 2.23. The summed E-state index contributed by atoms with van der Waals surface area (Å²) in [6.45, 7) is 1.64. The van der Waals surface area contributed by atoms with Crippen LogP contribution >= 0.6 is 0 Å². The lowest BCUT2D eigenvalue weighted by Gasteiger charge is -2.22. The number of nitrogens with two attached hydrogens (primary N) is 1. The predicted octanol–water partition coefficient (Wildman–Crippen LogP) is 0.447. The fourth-order valence-electron chi connectivity index (χ4n) is 1.01. The van der Waals surface area contributed by atoms with Crippen molar-refractivity contribution in [3.05, 3.63) is 12.1 Å². The second kappa shape index (κ2) is 4.15. The lowest BCUT2D eigenvalue weighted by molar-refractivity contribution is 0.194. The first kappa shape index (κ1) is 10.6. The van der Waals surface area contributed by atoms with E-state index >= 15 is 0 Å². The highest BCUT2D eigenvalue weighted by molar-refractivity contribution is 5.63. The Hall–Kier alpha value is -1.49. The molecule has 0 aromatic carbocycles. The molecule has 5 heteroatoms. The van der Waals surface area contributed by atoms with Crippen LogP contribution in [0.4, 0.5) is 11.5 Å². The van der Waals surface area contributed by atoms with Gasteiger partial charge in [0.05, 0.1) is 12.8 Å². The Morgan fingerprint density at radius 1 is 1.57 bits per heavy atom. The van der Waals surface area contributed by atoms with Crippen LogP contribution in [0, 0.1) is 0 Å². The van der Waals surface area contributed by atoms with E-state index in [1.165, 1.54) is 7.11 Å². The molecule has 5 nitrogen and oxygen atoms in total. The highest BCUT2D eigenvalue weighted by Gasteiger charge is 2.12. The van der Waals surface area contributed by atoms with E-state index < -0.39 is 6.23 Å². The summed E-state index contributed by atoms with van der Waals surface area (Å²) >= 11 is 0. The van der Waals surface area contributed by atoms with Gasteiger partial charge in [0.25, 0.3) is 0 Å². The van der Waals surface area contributed by atoms with Crippen LogP contribution in [0.2, 0.25) is 0 Å². The van der Waals surface area contributed by atoms with Crippen molar-refractivity contribution in [3.8, 4) is 5.88 Å². The van der Waals surface area contributed by atoms with Crippen LogP contribution in [-0.2, 0) is 0 Å². The normalized spacial score (nSPS) is 12.3. The average molecular weight is 197 g/mol. The molecule has 0 spiro atoms. The molecule has 78 valence electrons. The molecule has 3 N–H and O–H groups in total. The lowest BCUT2D eigenvalue weighted by Crippen LogP contribution is -2.29. The molecule has 0 radical (unpaired) electrons. The molecule has 0 amide bonds. The molecule has 1 heterocycles. The first-order chi connectivity index (χ1) is 6.56. The maximum Gasteiger partial charge on any atom is 0.215 e. The van der Waals surface area contributed by atoms with Gasteiger partial charge in [-0.1, -0.05) is 0 Å². The van der Waals surface area contributed by atoms with E-state index in [0.29, 0.717) is 17.4 Å². The summed E-state index contributed by atoms with van der Waals surface area (Å²) in [5.41, 5.74) is 6.22. The average Bonchev–Trinajstić information content (AvgIpc) is 2.17. The summed E-state index contributed by atoms with van der Waals surface area (Å²) in [5, 5.41) is 9.35. The third-order valence-electron chi connectivity index (χ3n) is 1.98. The zero-order valence-corrected chi connectivity index (χ0v) is 8.56. The van der Waals surface area contributed by atoms with Crippen molar-refractivity contribution in [2.45, 2.75) is 13.2 Å². The quantitative estimate of drug-likeness (QED) is 0.688. The van der Waals surface area contributed by atoms with E-state index in [-0.39, 0.29) is 0 Å². The number of aliphatic hydroxyl groups excluding tert-OH is 1. The van der Waals surface area contributed by atoms with Gasteiger partial charge in [-0.05, 0) is 13.0 Å². The number of hydrogen-bond donors (Lipinski definition) is 2. The van der Waals surface area contributed by atoms with Gasteiger partial charge in [0.2, 0.25) is 5.88 Å². The van der Waals surface area contributed by atoms with Crippen LogP contribution in [0.1, 0.15) is 6.92 Å². The van der Waals surface area contributed by atoms with Gasteiger partial charge in [-0.15, -0.1) is 0 Å². The molecule has 1 aromatic heterocycles. The highest BCUT2D eigenvalue weighted by atomic mass is 16.5. The molecule has 1 rings (SSSR count). The Labute approximate surface area is 83.1 Å². The van der Waals surface area contributed by atoms with E-state index in [0.717, 1.165) is 0 Å². The summed E-state index contributed by atoms with van der Waals surface area (Å²) in [6.07, 6.45) is -0.642. The van der Waals surface area contributed by atoms with E-state index in [1.807, 2.05) is 0 Å². The van der Waals surface area contributed by atoms with Gasteiger partial charge < -0.3 is 20.5 Å². The molecule has 0 aliphatic heterocycles. The van der Waals surface area contributed by atoms with E-state index in [1.54, 1.807) is 31.0 Å². The number of nitrogen functional groups attached to an aromatic ring is 1. The van der Waals surface area contributed by atoms with Crippen molar-refractivity contribution in [1.82, 2.24) is 4.98 Å². The molecular weight excluding hydrogens is 182 g/mol. The standard InChI is InChI=1S/C9H15N3O2/c1-6(13)12(2)9-7(10)4-5-8(11-9)14-3/h4-6,13H,10H2,1-3H3. The molecule has 0 aliphatic rings. The number of rotatable bonds is 3. The number of aliphatic hydroxyl groups is 1. The molecule has 0 saturated carbocycles. The third-order valence-corrected chi connectivity index (χ3v) is 1.98. The summed E-state index contributed by atoms with van der Waals surface area (Å²) in [7, 11) is 3.24. The molecule has 0 fully saturated rings. The smallest absolute Gasteiger partial charge is 0.215 e. The molecule has 0 aliphatic carbocycles. The van der Waals surface area contributed by atoms with Gasteiger partial charge in [0, 0.05) is 13.1 Å². The van der Waals surface area contributed by atoms with Crippen LogP contribution in [0.15, 0.2) is 12.1 Å². The van der Waals surface area contributed by atoms with E-state index in [4.69, 9.17) is 10.5 Å². The minimum atomic E-state index is -0.642. The van der Waals surface area contributed by atoms with Crippen LogP contribution in [0.3, 0.4) is 0 Å². The molecule has 1 aromatic rings. The first-order valence-electron chi connectivity index (χ1n) is 4.27. The van der Waals surface area contributed by atoms with Crippen molar-refractivity contribution < 1.29 is 9.84 Å². The predicted molar refractivity (Wildman–Crippen MR) is 55.3 cm³/mol. The number of ether oxygens (including phenoxy) is 1. The second-order valence-corrected chi connectivity index (χ2v) is 3.01. The number of pyridine rings is 1. The Morgan fingerprint density at radius 2 is 2.21 bits per heavy atom. The van der Waals surface area contributed by atoms with Crippen LogP contribution in [0.5, 0.6) is 5.88 Å². The summed E-state index contributed by atoms with van der Waals surface area (Å²) in [6, 6.07) is 3.37. The first-order valence-corrected chi connectivity index (χ1v) is 4.27. The topological polar surface area (TPSA) is 71.6 Å². The SMILES string of the molecule is COc1ccc(N)c(N(C)C(C)O)n1. The Balaban J connectivity index is 3.05. The molecule has 0 saturated heterocycles. The van der Waals surface area contributed by atoms with Gasteiger partial charge in [-0.3, -0.25) is 0 Å². The molecule has 14 heavy (non-hydrogen) atoms. The molecule has 0 bridgehead atoms. The van der Waals surface area contributed by atoms with Gasteiger partial charge in [0.15, 0.2) is 5.82 Å². The minimum absolute atomic E-state index is 0.474. The number of methoxy groups -OCH3 is 1. The van der Waals surface area contributed by atoms with Gasteiger partial charge in [-0.25, -0.2) is 0 Å². The monoisotopic (exact) mass is 197 g/mol. The maximum absolute atomic E-state index is 9.35. The largest absolute Gasteiger partial charge is 0.481 e. The summed E-state index contributed by atoms with van der Waals surface area (Å²) < 4.78 is 4.96. The van der Waals surface area contributed by atoms with E-state index in [9.17, 15) is 5.11 Å². The number of aromatic nitrogens is 1. The summed E-state index contributed by atoms with van der Waals surface area (Å²) in [5.74, 6) is 0.987. The fourth-order valence-corrected chi connectivity index (χ4v) is 1.01. The second-order valence-electron chi connectivity index (χ2n) is 3.01. The van der Waals surface area contributed by atoms with Crippen molar-refractivity contribution in [3.63, 3.8) is 0 Å². The van der Waals surface area contributed by atoms with Crippen molar-refractivity contribution in [1.29, 1.82) is 0 Å². The molecule has 1 unspecified atom stereocenters. The minimum Gasteiger partial charge on any atom is -0.481 e. The Kier molecular flexibility index (Phi) is 3.14. The zero-order valence-electron chi connectivity index (χ0n) is 8.56. The van der Waals surface area contributed by atoms with Crippen LogP contribution in [0.25, 0.3) is 0 Å². The number of anilines is 2. The Bertz CT molecular complexity index is 315. The van der Waals surface area contributed by atoms with Crippen molar-refractivity contribution in [2.24, 2.45) is 0 Å². The van der Waals surface area contributed by atoms with Gasteiger partial charge >= 0.3 is 0 Å². The van der Waals surface area contributed by atoms with Crippen LogP contribution < -0.4 is 15.4 Å². The Morgan fingerprint density at radius 3 is 2.71 bits per heavy atom. The summed E-state index contributed by atoms with van der Waals surface area (Å²) in [4.78, 5) is 5.70. The van der Waals surface area contributed by atoms with Crippen molar-refractivity contribution >= 4 is 11.5 Å². The lowest BCUT2D eigenvalue weighted by atomic mass is 10.3. The molecule has 1 atom stereocenters.